The number of amides is 1. The number of phenolic OH excluding ortho intramolecular Hbond substituents is 1. The minimum absolute atomic E-state index is 0.0206. The van der Waals surface area contributed by atoms with Gasteiger partial charge in [-0.1, -0.05) is 13.0 Å². The maximum atomic E-state index is 12.9. The fraction of sp³-hybridized carbons (Fsp3) is 0.188. The van der Waals surface area contributed by atoms with Gasteiger partial charge in [0, 0.05) is 11.8 Å². The average molecular weight is 352 g/mol. The summed E-state index contributed by atoms with van der Waals surface area (Å²) in [6.07, 6.45) is 0.213. The standard InChI is InChI=1S/C16H17FN2O4S/c1-2-15(16(21)18-12-4-3-5-13(20)10-12)19-24(22,23)14-8-6-11(17)7-9-14/h3-10,15,19-20H,2H2,1H3,(H,18,21). The molecule has 0 radical (unpaired) electrons. The second kappa shape index (κ2) is 7.41. The van der Waals surface area contributed by atoms with Crippen LogP contribution in [-0.2, 0) is 14.8 Å². The topological polar surface area (TPSA) is 95.5 Å². The van der Waals surface area contributed by atoms with Gasteiger partial charge < -0.3 is 10.4 Å². The van der Waals surface area contributed by atoms with Crippen molar-refractivity contribution in [1.82, 2.24) is 4.72 Å². The van der Waals surface area contributed by atoms with Gasteiger partial charge >= 0.3 is 0 Å². The zero-order valence-corrected chi connectivity index (χ0v) is 13.7. The van der Waals surface area contributed by atoms with Gasteiger partial charge in [-0.15, -0.1) is 0 Å². The van der Waals surface area contributed by atoms with Crippen LogP contribution < -0.4 is 10.0 Å². The van der Waals surface area contributed by atoms with Crippen LogP contribution in [-0.4, -0.2) is 25.5 Å². The van der Waals surface area contributed by atoms with Crippen molar-refractivity contribution in [2.75, 3.05) is 5.32 Å². The van der Waals surface area contributed by atoms with E-state index < -0.39 is 27.8 Å². The predicted octanol–water partition coefficient (Wildman–Crippen LogP) is 2.23. The Kier molecular flexibility index (Phi) is 5.53. The summed E-state index contributed by atoms with van der Waals surface area (Å²) in [4.78, 5) is 12.1. The molecular formula is C16H17FN2O4S. The van der Waals surface area contributed by atoms with Gasteiger partial charge in [0.1, 0.15) is 17.6 Å². The number of rotatable bonds is 6. The van der Waals surface area contributed by atoms with Crippen LogP contribution in [0.3, 0.4) is 0 Å². The maximum Gasteiger partial charge on any atom is 0.242 e. The number of hydrogen-bond donors (Lipinski definition) is 3. The van der Waals surface area contributed by atoms with E-state index in [-0.39, 0.29) is 17.1 Å². The van der Waals surface area contributed by atoms with E-state index in [1.54, 1.807) is 19.1 Å². The number of phenols is 1. The Labute approximate surface area is 139 Å². The number of sulfonamides is 1. The van der Waals surface area contributed by atoms with Gasteiger partial charge in [-0.3, -0.25) is 4.79 Å². The molecule has 2 aromatic rings. The molecular weight excluding hydrogens is 335 g/mol. The number of benzene rings is 2. The molecule has 6 nitrogen and oxygen atoms in total. The fourth-order valence-corrected chi connectivity index (χ4v) is 3.28. The Morgan fingerprint density at radius 1 is 1.21 bits per heavy atom. The summed E-state index contributed by atoms with van der Waals surface area (Å²) >= 11 is 0. The molecule has 24 heavy (non-hydrogen) atoms. The monoisotopic (exact) mass is 352 g/mol. The molecule has 0 heterocycles. The molecule has 2 aromatic carbocycles. The molecule has 0 saturated heterocycles. The first-order valence-corrected chi connectivity index (χ1v) is 8.68. The van der Waals surface area contributed by atoms with Crippen LogP contribution in [0.25, 0.3) is 0 Å². The minimum Gasteiger partial charge on any atom is -0.508 e. The van der Waals surface area contributed by atoms with Crippen molar-refractivity contribution in [3.8, 4) is 5.75 Å². The molecule has 0 aliphatic rings. The molecule has 1 unspecified atom stereocenters. The van der Waals surface area contributed by atoms with Gasteiger partial charge in [0.05, 0.1) is 4.90 Å². The lowest BCUT2D eigenvalue weighted by molar-refractivity contribution is -0.117. The lowest BCUT2D eigenvalue weighted by Crippen LogP contribution is -2.43. The SMILES string of the molecule is CCC(NS(=O)(=O)c1ccc(F)cc1)C(=O)Nc1cccc(O)c1. The van der Waals surface area contributed by atoms with Crippen LogP contribution in [0.4, 0.5) is 10.1 Å². The van der Waals surface area contributed by atoms with Gasteiger partial charge in [0.25, 0.3) is 0 Å². The molecule has 1 amide bonds. The molecule has 0 aliphatic heterocycles. The third kappa shape index (κ3) is 4.53. The molecule has 0 spiro atoms. The number of anilines is 1. The normalized spacial score (nSPS) is 12.6. The highest BCUT2D eigenvalue weighted by atomic mass is 32.2. The number of carbonyl (C=O) groups excluding carboxylic acids is 1. The second-order valence-corrected chi connectivity index (χ2v) is 6.79. The number of hydrogen-bond acceptors (Lipinski definition) is 4. The molecule has 3 N–H and O–H groups in total. The lowest BCUT2D eigenvalue weighted by Gasteiger charge is -2.17. The van der Waals surface area contributed by atoms with E-state index in [9.17, 15) is 22.7 Å². The Balaban J connectivity index is 2.13. The summed E-state index contributed by atoms with van der Waals surface area (Å²) in [5.74, 6) is -1.14. The Morgan fingerprint density at radius 2 is 1.88 bits per heavy atom. The van der Waals surface area contributed by atoms with Crippen LogP contribution in [0.2, 0.25) is 0 Å². The zero-order valence-electron chi connectivity index (χ0n) is 12.9. The van der Waals surface area contributed by atoms with Crippen molar-refractivity contribution in [3.63, 3.8) is 0 Å². The highest BCUT2D eigenvalue weighted by Gasteiger charge is 2.24. The van der Waals surface area contributed by atoms with Crippen molar-refractivity contribution in [3.05, 3.63) is 54.3 Å². The van der Waals surface area contributed by atoms with E-state index >= 15 is 0 Å². The summed E-state index contributed by atoms with van der Waals surface area (Å²) in [7, 11) is -3.96. The van der Waals surface area contributed by atoms with Crippen molar-refractivity contribution in [1.29, 1.82) is 0 Å². The van der Waals surface area contributed by atoms with Crippen molar-refractivity contribution in [2.45, 2.75) is 24.3 Å². The summed E-state index contributed by atoms with van der Waals surface area (Å²) in [6, 6.07) is 9.21. The van der Waals surface area contributed by atoms with Crippen molar-refractivity contribution in [2.24, 2.45) is 0 Å². The Morgan fingerprint density at radius 3 is 2.46 bits per heavy atom. The van der Waals surface area contributed by atoms with Crippen molar-refractivity contribution < 1.29 is 22.7 Å². The third-order valence-electron chi connectivity index (χ3n) is 3.26. The number of halogens is 1. The molecule has 2 rings (SSSR count). The van der Waals surface area contributed by atoms with Crippen LogP contribution in [0, 0.1) is 5.82 Å². The molecule has 0 bridgehead atoms. The van der Waals surface area contributed by atoms with Gasteiger partial charge in [0.2, 0.25) is 15.9 Å². The second-order valence-electron chi connectivity index (χ2n) is 5.08. The number of aromatic hydroxyl groups is 1. The smallest absolute Gasteiger partial charge is 0.242 e. The average Bonchev–Trinajstić information content (AvgIpc) is 2.53. The molecule has 0 saturated carbocycles. The van der Waals surface area contributed by atoms with Gasteiger partial charge in [-0.05, 0) is 42.8 Å². The third-order valence-corrected chi connectivity index (χ3v) is 4.75. The number of carbonyl (C=O) groups is 1. The summed E-state index contributed by atoms with van der Waals surface area (Å²) < 4.78 is 39.7. The quantitative estimate of drug-likeness (QED) is 0.743. The van der Waals surface area contributed by atoms with E-state index in [0.29, 0.717) is 5.69 Å². The molecule has 8 heteroatoms. The first-order chi connectivity index (χ1) is 11.3. The van der Waals surface area contributed by atoms with Gasteiger partial charge in [-0.2, -0.15) is 4.72 Å². The van der Waals surface area contributed by atoms with E-state index in [2.05, 4.69) is 10.0 Å². The Bertz CT molecular complexity index is 822. The highest BCUT2D eigenvalue weighted by Crippen LogP contribution is 2.16. The van der Waals surface area contributed by atoms with Crippen LogP contribution in [0.1, 0.15) is 13.3 Å². The summed E-state index contributed by atoms with van der Waals surface area (Å²) in [5.41, 5.74) is 0.347. The Hall–Kier alpha value is -2.45. The molecule has 0 aromatic heterocycles. The highest BCUT2D eigenvalue weighted by molar-refractivity contribution is 7.89. The first-order valence-electron chi connectivity index (χ1n) is 7.19. The van der Waals surface area contributed by atoms with Gasteiger partial charge in [-0.25, -0.2) is 12.8 Å². The van der Waals surface area contributed by atoms with E-state index in [1.807, 2.05) is 0 Å². The van der Waals surface area contributed by atoms with Crippen LogP contribution in [0.5, 0.6) is 5.75 Å². The number of nitrogens with one attached hydrogen (secondary N) is 2. The lowest BCUT2D eigenvalue weighted by atomic mass is 10.2. The maximum absolute atomic E-state index is 12.9. The van der Waals surface area contributed by atoms with Gasteiger partial charge in [0.15, 0.2) is 0 Å². The summed E-state index contributed by atoms with van der Waals surface area (Å²) in [6.45, 7) is 1.65. The molecule has 0 aliphatic carbocycles. The minimum atomic E-state index is -3.96. The zero-order chi connectivity index (χ0) is 17.7. The van der Waals surface area contributed by atoms with E-state index in [4.69, 9.17) is 0 Å². The fourth-order valence-electron chi connectivity index (χ4n) is 2.00. The molecule has 128 valence electrons. The largest absolute Gasteiger partial charge is 0.508 e. The molecule has 0 fully saturated rings. The van der Waals surface area contributed by atoms with Crippen LogP contribution in [0.15, 0.2) is 53.4 Å². The predicted molar refractivity (Wildman–Crippen MR) is 87.5 cm³/mol. The first kappa shape index (κ1) is 17.9. The van der Waals surface area contributed by atoms with E-state index in [1.165, 1.54) is 12.1 Å². The van der Waals surface area contributed by atoms with Crippen molar-refractivity contribution >= 4 is 21.6 Å². The summed E-state index contributed by atoms with van der Waals surface area (Å²) in [5, 5.41) is 11.9. The van der Waals surface area contributed by atoms with E-state index in [0.717, 1.165) is 24.3 Å². The molecule has 1 atom stereocenters. The van der Waals surface area contributed by atoms with Crippen LogP contribution >= 0.6 is 0 Å².